The topological polar surface area (TPSA) is 76.9 Å². The van der Waals surface area contributed by atoms with Crippen LogP contribution in [-0.2, 0) is 17.8 Å². The van der Waals surface area contributed by atoms with E-state index in [9.17, 15) is 9.59 Å². The van der Waals surface area contributed by atoms with Crippen LogP contribution in [0.25, 0.3) is 10.9 Å². The van der Waals surface area contributed by atoms with Crippen molar-refractivity contribution in [3.05, 3.63) is 64.4 Å². The maximum atomic E-state index is 12.3. The highest BCUT2D eigenvalue weighted by Crippen LogP contribution is 2.11. The van der Waals surface area contributed by atoms with Gasteiger partial charge in [-0.25, -0.2) is 4.68 Å². The first kappa shape index (κ1) is 15.9. The second-order valence-corrected chi connectivity index (χ2v) is 5.49. The van der Waals surface area contributed by atoms with Gasteiger partial charge < -0.3 is 5.32 Å². The number of rotatable bonds is 5. The number of anilines is 1. The lowest BCUT2D eigenvalue weighted by Gasteiger charge is -2.07. The molecule has 0 saturated carbocycles. The van der Waals surface area contributed by atoms with E-state index in [2.05, 4.69) is 22.6 Å². The van der Waals surface area contributed by atoms with Crippen LogP contribution in [0, 0.1) is 0 Å². The molecule has 1 heterocycles. The molecule has 3 rings (SSSR count). The molecule has 6 nitrogen and oxygen atoms in total. The summed E-state index contributed by atoms with van der Waals surface area (Å²) < 4.78 is 1.23. The fourth-order valence-electron chi connectivity index (χ4n) is 2.47. The van der Waals surface area contributed by atoms with Crippen LogP contribution in [-0.4, -0.2) is 20.9 Å². The van der Waals surface area contributed by atoms with Gasteiger partial charge in [0.1, 0.15) is 5.52 Å². The lowest BCUT2D eigenvalue weighted by atomic mass is 10.1. The van der Waals surface area contributed by atoms with Gasteiger partial charge in [-0.2, -0.15) is 0 Å². The number of benzene rings is 2. The van der Waals surface area contributed by atoms with Crippen molar-refractivity contribution in [1.82, 2.24) is 15.0 Å². The normalized spacial score (nSPS) is 10.7. The van der Waals surface area contributed by atoms with Gasteiger partial charge in [-0.15, -0.1) is 5.10 Å². The van der Waals surface area contributed by atoms with Gasteiger partial charge in [-0.05, 0) is 36.2 Å². The predicted octanol–water partition coefficient (Wildman–Crippen LogP) is 2.38. The summed E-state index contributed by atoms with van der Waals surface area (Å²) in [6.45, 7) is 2.25. The summed E-state index contributed by atoms with van der Waals surface area (Å²) in [4.78, 5) is 24.4. The summed E-state index contributed by atoms with van der Waals surface area (Å²) in [5.74, 6) is -0.162. The highest BCUT2D eigenvalue weighted by atomic mass is 16.2. The lowest BCUT2D eigenvalue weighted by molar-refractivity contribution is -0.116. The van der Waals surface area contributed by atoms with E-state index in [1.54, 1.807) is 24.3 Å². The standard InChI is InChI=1S/C18H18N4O2/c1-2-13-6-5-7-14(12-13)19-17(23)10-11-22-18(24)15-8-3-4-9-16(15)20-21-22/h3-9,12H,2,10-11H2,1H3,(H,19,23). The van der Waals surface area contributed by atoms with Crippen molar-refractivity contribution in [1.29, 1.82) is 0 Å². The third-order valence-corrected chi connectivity index (χ3v) is 3.80. The molecule has 0 bridgehead atoms. The van der Waals surface area contributed by atoms with E-state index in [0.717, 1.165) is 17.7 Å². The van der Waals surface area contributed by atoms with Gasteiger partial charge in [-0.1, -0.05) is 36.4 Å². The molecular formula is C18H18N4O2. The lowest BCUT2D eigenvalue weighted by Crippen LogP contribution is -2.26. The summed E-state index contributed by atoms with van der Waals surface area (Å²) in [5.41, 5.74) is 2.24. The summed E-state index contributed by atoms with van der Waals surface area (Å²) in [6.07, 6.45) is 1.06. The monoisotopic (exact) mass is 322 g/mol. The number of amides is 1. The van der Waals surface area contributed by atoms with Gasteiger partial charge in [0.05, 0.1) is 11.9 Å². The summed E-state index contributed by atoms with van der Waals surface area (Å²) in [5, 5.41) is 11.2. The van der Waals surface area contributed by atoms with E-state index in [-0.39, 0.29) is 24.4 Å². The highest BCUT2D eigenvalue weighted by molar-refractivity contribution is 5.90. The second-order valence-electron chi connectivity index (χ2n) is 5.49. The Bertz CT molecular complexity index is 933. The Kier molecular flexibility index (Phi) is 4.65. The molecule has 0 aliphatic carbocycles. The minimum Gasteiger partial charge on any atom is -0.326 e. The van der Waals surface area contributed by atoms with Crippen LogP contribution in [0.15, 0.2) is 53.3 Å². The number of carbonyl (C=O) groups excluding carboxylic acids is 1. The molecule has 1 N–H and O–H groups in total. The van der Waals surface area contributed by atoms with Gasteiger partial charge >= 0.3 is 0 Å². The molecule has 0 spiro atoms. The van der Waals surface area contributed by atoms with E-state index in [1.807, 2.05) is 24.3 Å². The molecule has 6 heteroatoms. The first-order valence-electron chi connectivity index (χ1n) is 7.88. The zero-order valence-corrected chi connectivity index (χ0v) is 13.4. The van der Waals surface area contributed by atoms with Crippen LogP contribution < -0.4 is 10.9 Å². The SMILES string of the molecule is CCc1cccc(NC(=O)CCn2nnc3ccccc3c2=O)c1. The summed E-state index contributed by atoms with van der Waals surface area (Å²) >= 11 is 0. The Morgan fingerprint density at radius 2 is 2.00 bits per heavy atom. The Balaban J connectivity index is 1.68. The van der Waals surface area contributed by atoms with Crippen molar-refractivity contribution < 1.29 is 4.79 Å². The van der Waals surface area contributed by atoms with Gasteiger partial charge in [0.2, 0.25) is 5.91 Å². The smallest absolute Gasteiger partial charge is 0.277 e. The van der Waals surface area contributed by atoms with Crippen LogP contribution in [0.2, 0.25) is 0 Å². The van der Waals surface area contributed by atoms with E-state index in [4.69, 9.17) is 0 Å². The summed E-state index contributed by atoms with van der Waals surface area (Å²) in [6, 6.07) is 14.7. The average molecular weight is 322 g/mol. The van der Waals surface area contributed by atoms with Crippen molar-refractivity contribution in [2.75, 3.05) is 5.32 Å². The first-order chi connectivity index (χ1) is 11.7. The van der Waals surface area contributed by atoms with Crippen molar-refractivity contribution in [3.8, 4) is 0 Å². The number of carbonyl (C=O) groups is 1. The molecule has 2 aromatic carbocycles. The van der Waals surface area contributed by atoms with Crippen molar-refractivity contribution >= 4 is 22.5 Å². The number of aromatic nitrogens is 3. The van der Waals surface area contributed by atoms with Crippen LogP contribution in [0.5, 0.6) is 0 Å². The molecular weight excluding hydrogens is 304 g/mol. The number of hydrogen-bond acceptors (Lipinski definition) is 4. The zero-order valence-electron chi connectivity index (χ0n) is 13.4. The Morgan fingerprint density at radius 1 is 1.17 bits per heavy atom. The quantitative estimate of drug-likeness (QED) is 0.782. The molecule has 1 aromatic heterocycles. The first-order valence-corrected chi connectivity index (χ1v) is 7.88. The maximum absolute atomic E-state index is 12.3. The van der Waals surface area contributed by atoms with Gasteiger partial charge in [-0.3, -0.25) is 9.59 Å². The van der Waals surface area contributed by atoms with E-state index in [1.165, 1.54) is 4.68 Å². The molecule has 1 amide bonds. The molecule has 24 heavy (non-hydrogen) atoms. The third-order valence-electron chi connectivity index (χ3n) is 3.80. The predicted molar refractivity (Wildman–Crippen MR) is 92.9 cm³/mol. The fourth-order valence-corrected chi connectivity index (χ4v) is 2.47. The number of fused-ring (bicyclic) bond motifs is 1. The number of nitrogens with zero attached hydrogens (tertiary/aromatic N) is 3. The molecule has 0 saturated heterocycles. The maximum Gasteiger partial charge on any atom is 0.277 e. The Hall–Kier alpha value is -3.02. The van der Waals surface area contributed by atoms with Gasteiger partial charge in [0.25, 0.3) is 5.56 Å². The average Bonchev–Trinajstić information content (AvgIpc) is 2.61. The minimum absolute atomic E-state index is 0.156. The van der Waals surface area contributed by atoms with Gasteiger partial charge in [0.15, 0.2) is 0 Å². The molecule has 0 aliphatic heterocycles. The molecule has 0 fully saturated rings. The van der Waals surface area contributed by atoms with E-state index < -0.39 is 0 Å². The van der Waals surface area contributed by atoms with Crippen molar-refractivity contribution in [2.45, 2.75) is 26.3 Å². The van der Waals surface area contributed by atoms with E-state index in [0.29, 0.717) is 10.9 Å². The number of aryl methyl sites for hydroxylation is 2. The second kappa shape index (κ2) is 7.04. The third kappa shape index (κ3) is 3.48. The fraction of sp³-hybridized carbons (Fsp3) is 0.222. The van der Waals surface area contributed by atoms with Crippen LogP contribution in [0.1, 0.15) is 18.9 Å². The Labute approximate surface area is 139 Å². The highest BCUT2D eigenvalue weighted by Gasteiger charge is 2.08. The largest absolute Gasteiger partial charge is 0.326 e. The van der Waals surface area contributed by atoms with Crippen molar-refractivity contribution in [3.63, 3.8) is 0 Å². The van der Waals surface area contributed by atoms with Crippen LogP contribution >= 0.6 is 0 Å². The summed E-state index contributed by atoms with van der Waals surface area (Å²) in [7, 11) is 0. The van der Waals surface area contributed by atoms with Gasteiger partial charge in [0, 0.05) is 12.1 Å². The molecule has 0 aliphatic rings. The van der Waals surface area contributed by atoms with Crippen LogP contribution in [0.4, 0.5) is 5.69 Å². The molecule has 0 unspecified atom stereocenters. The molecule has 3 aromatic rings. The number of nitrogens with one attached hydrogen (secondary N) is 1. The van der Waals surface area contributed by atoms with Crippen molar-refractivity contribution in [2.24, 2.45) is 0 Å². The van der Waals surface area contributed by atoms with E-state index >= 15 is 0 Å². The minimum atomic E-state index is -0.235. The molecule has 0 radical (unpaired) electrons. The Morgan fingerprint density at radius 3 is 2.83 bits per heavy atom. The number of hydrogen-bond donors (Lipinski definition) is 1. The molecule has 0 atom stereocenters. The van der Waals surface area contributed by atoms with Crippen LogP contribution in [0.3, 0.4) is 0 Å². The zero-order chi connectivity index (χ0) is 16.9. The molecule has 122 valence electrons.